The number of hydrogen-bond donors (Lipinski definition) is 3. The first-order valence-electron chi connectivity index (χ1n) is 6.64. The van der Waals surface area contributed by atoms with Gasteiger partial charge in [-0.05, 0) is 37.0 Å². The van der Waals surface area contributed by atoms with Crippen molar-refractivity contribution in [3.05, 3.63) is 28.8 Å². The van der Waals surface area contributed by atoms with Crippen molar-refractivity contribution in [1.82, 2.24) is 5.32 Å². The molecule has 1 aromatic carbocycles. The van der Waals surface area contributed by atoms with Gasteiger partial charge in [-0.25, -0.2) is 9.59 Å². The Bertz CT molecular complexity index is 515. The lowest BCUT2D eigenvalue weighted by Crippen LogP contribution is -2.30. The summed E-state index contributed by atoms with van der Waals surface area (Å²) in [5.41, 5.74) is 0.215. The zero-order valence-electron chi connectivity index (χ0n) is 11.0. The van der Waals surface area contributed by atoms with Crippen LogP contribution in [0.3, 0.4) is 0 Å². The number of urea groups is 1. The van der Waals surface area contributed by atoms with Gasteiger partial charge in [0, 0.05) is 11.6 Å². The van der Waals surface area contributed by atoms with E-state index in [0.29, 0.717) is 11.6 Å². The molecule has 1 fully saturated rings. The molecule has 0 saturated heterocycles. The van der Waals surface area contributed by atoms with Gasteiger partial charge < -0.3 is 15.7 Å². The zero-order valence-corrected chi connectivity index (χ0v) is 11.7. The summed E-state index contributed by atoms with van der Waals surface area (Å²) in [6.45, 7) is 0.596. The van der Waals surface area contributed by atoms with E-state index in [1.54, 1.807) is 0 Å². The van der Waals surface area contributed by atoms with Crippen LogP contribution < -0.4 is 10.6 Å². The predicted octanol–water partition coefficient (Wildman–Crippen LogP) is 3.35. The van der Waals surface area contributed by atoms with Gasteiger partial charge in [0.05, 0.1) is 11.3 Å². The van der Waals surface area contributed by atoms with E-state index in [-0.39, 0.29) is 11.3 Å². The SMILES string of the molecule is O=C(NCCCC1CC1)Nc1ccc(Cl)cc1C(=O)O. The topological polar surface area (TPSA) is 78.4 Å². The van der Waals surface area contributed by atoms with Gasteiger partial charge in [-0.1, -0.05) is 24.4 Å². The normalized spacial score (nSPS) is 13.8. The van der Waals surface area contributed by atoms with Gasteiger partial charge in [-0.2, -0.15) is 0 Å². The number of hydrogen-bond acceptors (Lipinski definition) is 2. The zero-order chi connectivity index (χ0) is 14.5. The fourth-order valence-corrected chi connectivity index (χ4v) is 2.14. The molecule has 6 heteroatoms. The van der Waals surface area contributed by atoms with E-state index in [4.69, 9.17) is 16.7 Å². The Kier molecular flexibility index (Phi) is 4.84. The number of carboxylic acid groups (broad SMARTS) is 1. The van der Waals surface area contributed by atoms with Crippen molar-refractivity contribution in [3.8, 4) is 0 Å². The van der Waals surface area contributed by atoms with E-state index in [9.17, 15) is 9.59 Å². The number of carbonyl (C=O) groups excluding carboxylic acids is 1. The van der Waals surface area contributed by atoms with Gasteiger partial charge in [-0.3, -0.25) is 0 Å². The van der Waals surface area contributed by atoms with Crippen molar-refractivity contribution in [2.24, 2.45) is 5.92 Å². The molecule has 0 atom stereocenters. The molecular weight excluding hydrogens is 280 g/mol. The third-order valence-corrected chi connectivity index (χ3v) is 3.47. The Hall–Kier alpha value is -1.75. The highest BCUT2D eigenvalue weighted by molar-refractivity contribution is 6.31. The highest BCUT2D eigenvalue weighted by Crippen LogP contribution is 2.33. The number of aromatic carboxylic acids is 1. The minimum absolute atomic E-state index is 0.0226. The summed E-state index contributed by atoms with van der Waals surface area (Å²) in [4.78, 5) is 22.8. The van der Waals surface area contributed by atoms with Crippen LogP contribution in [-0.2, 0) is 0 Å². The Balaban J connectivity index is 1.84. The second-order valence-electron chi connectivity index (χ2n) is 4.96. The van der Waals surface area contributed by atoms with Crippen LogP contribution in [0.25, 0.3) is 0 Å². The maximum atomic E-state index is 11.7. The molecule has 0 aromatic heterocycles. The molecule has 0 bridgehead atoms. The highest BCUT2D eigenvalue weighted by Gasteiger charge is 2.20. The van der Waals surface area contributed by atoms with Crippen molar-refractivity contribution in [2.75, 3.05) is 11.9 Å². The number of carbonyl (C=O) groups is 2. The van der Waals surface area contributed by atoms with Gasteiger partial charge in [0.25, 0.3) is 0 Å². The second-order valence-corrected chi connectivity index (χ2v) is 5.40. The Morgan fingerprint density at radius 2 is 2.10 bits per heavy atom. The number of halogens is 1. The average Bonchev–Trinajstić information content (AvgIpc) is 3.21. The molecule has 0 heterocycles. The van der Waals surface area contributed by atoms with E-state index in [1.807, 2.05) is 0 Å². The Morgan fingerprint density at radius 1 is 1.35 bits per heavy atom. The van der Waals surface area contributed by atoms with Gasteiger partial charge in [-0.15, -0.1) is 0 Å². The van der Waals surface area contributed by atoms with Crippen molar-refractivity contribution < 1.29 is 14.7 Å². The second kappa shape index (κ2) is 6.61. The van der Waals surface area contributed by atoms with Crippen molar-refractivity contribution >= 4 is 29.3 Å². The summed E-state index contributed by atoms with van der Waals surface area (Å²) in [5, 5.41) is 14.6. The molecule has 0 aliphatic heterocycles. The molecule has 1 aromatic rings. The summed E-state index contributed by atoms with van der Waals surface area (Å²) < 4.78 is 0. The molecule has 1 aliphatic rings. The molecule has 3 N–H and O–H groups in total. The van der Waals surface area contributed by atoms with E-state index in [0.717, 1.165) is 18.8 Å². The molecule has 2 rings (SSSR count). The first-order chi connectivity index (χ1) is 9.56. The van der Waals surface area contributed by atoms with Crippen LogP contribution in [0.15, 0.2) is 18.2 Å². The molecule has 0 spiro atoms. The monoisotopic (exact) mass is 296 g/mol. The summed E-state index contributed by atoms with van der Waals surface area (Å²) >= 11 is 5.74. The molecule has 1 saturated carbocycles. The molecular formula is C14H17ClN2O3. The standard InChI is InChI=1S/C14H17ClN2O3/c15-10-5-6-12(11(8-10)13(18)19)17-14(20)16-7-1-2-9-3-4-9/h5-6,8-9H,1-4,7H2,(H,18,19)(H2,16,17,20). The maximum absolute atomic E-state index is 11.7. The largest absolute Gasteiger partial charge is 0.478 e. The van der Waals surface area contributed by atoms with Crippen LogP contribution in [0.4, 0.5) is 10.5 Å². The van der Waals surface area contributed by atoms with Crippen LogP contribution in [-0.4, -0.2) is 23.7 Å². The lowest BCUT2D eigenvalue weighted by atomic mass is 10.2. The molecule has 2 amide bonds. The van der Waals surface area contributed by atoms with Gasteiger partial charge in [0.1, 0.15) is 0 Å². The van der Waals surface area contributed by atoms with E-state index >= 15 is 0 Å². The molecule has 20 heavy (non-hydrogen) atoms. The van der Waals surface area contributed by atoms with Crippen molar-refractivity contribution in [3.63, 3.8) is 0 Å². The Labute approximate surface area is 122 Å². The molecule has 0 unspecified atom stereocenters. The van der Waals surface area contributed by atoms with Crippen molar-refractivity contribution in [1.29, 1.82) is 0 Å². The molecule has 1 aliphatic carbocycles. The van der Waals surface area contributed by atoms with Crippen molar-refractivity contribution in [2.45, 2.75) is 25.7 Å². The summed E-state index contributed by atoms with van der Waals surface area (Å²) in [5.74, 6) is -0.286. The average molecular weight is 297 g/mol. The number of anilines is 1. The molecule has 108 valence electrons. The summed E-state index contributed by atoms with van der Waals surface area (Å²) in [7, 11) is 0. The highest BCUT2D eigenvalue weighted by atomic mass is 35.5. The lowest BCUT2D eigenvalue weighted by molar-refractivity contribution is 0.0698. The lowest BCUT2D eigenvalue weighted by Gasteiger charge is -2.10. The Morgan fingerprint density at radius 3 is 2.75 bits per heavy atom. The smallest absolute Gasteiger partial charge is 0.337 e. The van der Waals surface area contributed by atoms with E-state index in [2.05, 4.69) is 10.6 Å². The minimum atomic E-state index is -1.13. The van der Waals surface area contributed by atoms with Crippen LogP contribution in [0.1, 0.15) is 36.0 Å². The number of nitrogens with one attached hydrogen (secondary N) is 2. The van der Waals surface area contributed by atoms with Gasteiger partial charge in [0.15, 0.2) is 0 Å². The van der Waals surface area contributed by atoms with Gasteiger partial charge in [0.2, 0.25) is 0 Å². The van der Waals surface area contributed by atoms with E-state index in [1.165, 1.54) is 31.0 Å². The summed E-state index contributed by atoms with van der Waals surface area (Å²) in [6, 6.07) is 3.93. The number of rotatable bonds is 6. The fourth-order valence-electron chi connectivity index (χ4n) is 1.97. The number of benzene rings is 1. The van der Waals surface area contributed by atoms with Crippen LogP contribution in [0.5, 0.6) is 0 Å². The minimum Gasteiger partial charge on any atom is -0.478 e. The maximum Gasteiger partial charge on any atom is 0.337 e. The third kappa shape index (κ3) is 4.42. The first-order valence-corrected chi connectivity index (χ1v) is 7.02. The van der Waals surface area contributed by atoms with Crippen LogP contribution >= 0.6 is 11.6 Å². The molecule has 0 radical (unpaired) electrons. The quantitative estimate of drug-likeness (QED) is 0.704. The van der Waals surface area contributed by atoms with Crippen LogP contribution in [0, 0.1) is 5.92 Å². The molecule has 5 nitrogen and oxygen atoms in total. The predicted molar refractivity (Wildman–Crippen MR) is 77.4 cm³/mol. The third-order valence-electron chi connectivity index (χ3n) is 3.23. The number of carboxylic acids is 1. The van der Waals surface area contributed by atoms with Gasteiger partial charge >= 0.3 is 12.0 Å². The number of amides is 2. The fraction of sp³-hybridized carbons (Fsp3) is 0.429. The van der Waals surface area contributed by atoms with E-state index < -0.39 is 12.0 Å². The van der Waals surface area contributed by atoms with Crippen LogP contribution in [0.2, 0.25) is 5.02 Å². The first kappa shape index (κ1) is 14.7. The summed E-state index contributed by atoms with van der Waals surface area (Å²) in [6.07, 6.45) is 4.70.